The van der Waals surface area contributed by atoms with E-state index in [1.807, 2.05) is 19.9 Å². The van der Waals surface area contributed by atoms with Crippen LogP contribution in [-0.4, -0.2) is 49.1 Å². The van der Waals surface area contributed by atoms with Gasteiger partial charge in [-0.15, -0.1) is 0 Å². The summed E-state index contributed by atoms with van der Waals surface area (Å²) in [6.07, 6.45) is -0.875. The predicted molar refractivity (Wildman–Crippen MR) is 78.7 cm³/mol. The third-order valence-corrected chi connectivity index (χ3v) is 4.59. The van der Waals surface area contributed by atoms with Gasteiger partial charge in [-0.2, -0.15) is 0 Å². The maximum atomic E-state index is 12.2. The summed E-state index contributed by atoms with van der Waals surface area (Å²) in [6, 6.07) is 8.92. The molecule has 3 fully saturated rings. The monoisotopic (exact) mass is 320 g/mol. The third-order valence-electron chi connectivity index (χ3n) is 4.59. The van der Waals surface area contributed by atoms with Crippen LogP contribution in [0.25, 0.3) is 0 Å². The van der Waals surface area contributed by atoms with Crippen molar-refractivity contribution in [2.45, 2.75) is 56.3 Å². The second-order valence-electron chi connectivity index (χ2n) is 6.66. The molecule has 124 valence electrons. The molecule has 1 aromatic carbocycles. The first kappa shape index (κ1) is 15.1. The first-order chi connectivity index (χ1) is 11.0. The topological polar surface area (TPSA) is 63.2 Å². The van der Waals surface area contributed by atoms with Crippen molar-refractivity contribution in [1.29, 1.82) is 0 Å². The SMILES string of the molecule is COC1O[C@]2(C[C@H]2OC(=O)c2ccccc2)C2OC(C)(C)O[C@H]12. The van der Waals surface area contributed by atoms with Gasteiger partial charge >= 0.3 is 5.97 Å². The standard InChI is InChI=1S/C17H20O6/c1-16(2)21-12-13(22-16)17(23-15(12)19-3)9-11(17)20-14(18)10-7-5-4-6-8-10/h4-8,11-13,15H,9H2,1-3H3/t11-,12+,13?,15?,17+/m1/s1. The van der Waals surface area contributed by atoms with Crippen molar-refractivity contribution in [2.24, 2.45) is 0 Å². The number of carbonyl (C=O) groups excluding carboxylic acids is 1. The fraction of sp³-hybridized carbons (Fsp3) is 0.588. The van der Waals surface area contributed by atoms with Gasteiger partial charge in [0, 0.05) is 13.5 Å². The molecular formula is C17H20O6. The Bertz CT molecular complexity index is 615. The number of hydrogen-bond acceptors (Lipinski definition) is 6. The minimum Gasteiger partial charge on any atom is -0.455 e. The average molecular weight is 320 g/mol. The van der Waals surface area contributed by atoms with Crippen molar-refractivity contribution < 1.29 is 28.5 Å². The van der Waals surface area contributed by atoms with E-state index < -0.39 is 17.7 Å². The van der Waals surface area contributed by atoms with Gasteiger partial charge in [0.15, 0.2) is 12.1 Å². The number of esters is 1. The Labute approximate surface area is 134 Å². The van der Waals surface area contributed by atoms with Gasteiger partial charge in [-0.1, -0.05) is 18.2 Å². The minimum atomic E-state index is -0.695. The van der Waals surface area contributed by atoms with Crippen molar-refractivity contribution in [3.05, 3.63) is 35.9 Å². The number of methoxy groups -OCH3 is 1. The Morgan fingerprint density at radius 3 is 2.61 bits per heavy atom. The fourth-order valence-electron chi connectivity index (χ4n) is 3.47. The van der Waals surface area contributed by atoms with E-state index in [1.165, 1.54) is 0 Å². The second kappa shape index (κ2) is 5.01. The van der Waals surface area contributed by atoms with Crippen molar-refractivity contribution in [2.75, 3.05) is 7.11 Å². The Kier molecular flexibility index (Phi) is 3.29. The molecule has 1 aliphatic carbocycles. The van der Waals surface area contributed by atoms with Crippen LogP contribution >= 0.6 is 0 Å². The molecule has 0 N–H and O–H groups in total. The lowest BCUT2D eigenvalue weighted by Gasteiger charge is -2.23. The third kappa shape index (κ3) is 2.37. The van der Waals surface area contributed by atoms with Gasteiger partial charge in [0.1, 0.15) is 23.9 Å². The van der Waals surface area contributed by atoms with Crippen LogP contribution in [0.2, 0.25) is 0 Å². The van der Waals surface area contributed by atoms with E-state index in [-0.39, 0.29) is 24.3 Å². The molecule has 1 aromatic rings. The molecule has 6 heteroatoms. The van der Waals surface area contributed by atoms with Crippen LogP contribution in [0.4, 0.5) is 0 Å². The highest BCUT2D eigenvalue weighted by Crippen LogP contribution is 2.57. The largest absolute Gasteiger partial charge is 0.455 e. The summed E-state index contributed by atoms with van der Waals surface area (Å²) in [5.74, 6) is -1.05. The number of carbonyl (C=O) groups is 1. The summed E-state index contributed by atoms with van der Waals surface area (Å²) in [4.78, 5) is 12.2. The molecule has 0 aromatic heterocycles. The van der Waals surface area contributed by atoms with Crippen LogP contribution in [-0.2, 0) is 23.7 Å². The lowest BCUT2D eigenvalue weighted by atomic mass is 10.1. The van der Waals surface area contributed by atoms with Crippen molar-refractivity contribution in [1.82, 2.24) is 0 Å². The maximum absolute atomic E-state index is 12.2. The Morgan fingerprint density at radius 2 is 1.91 bits per heavy atom. The van der Waals surface area contributed by atoms with Gasteiger partial charge in [-0.25, -0.2) is 4.79 Å². The van der Waals surface area contributed by atoms with Gasteiger partial charge in [0.25, 0.3) is 0 Å². The molecule has 2 aliphatic heterocycles. The molecule has 0 radical (unpaired) electrons. The van der Waals surface area contributed by atoms with Gasteiger partial charge in [0.2, 0.25) is 0 Å². The molecule has 5 atom stereocenters. The second-order valence-corrected chi connectivity index (χ2v) is 6.66. The van der Waals surface area contributed by atoms with Gasteiger partial charge < -0.3 is 23.7 Å². The number of rotatable bonds is 3. The first-order valence-electron chi connectivity index (χ1n) is 7.77. The molecule has 4 rings (SSSR count). The summed E-state index contributed by atoms with van der Waals surface area (Å²) in [5.41, 5.74) is -0.139. The van der Waals surface area contributed by atoms with E-state index in [0.29, 0.717) is 12.0 Å². The highest BCUT2D eigenvalue weighted by Gasteiger charge is 2.75. The number of fused-ring (bicyclic) bond motifs is 2. The summed E-state index contributed by atoms with van der Waals surface area (Å²) in [6.45, 7) is 3.72. The van der Waals surface area contributed by atoms with Crippen LogP contribution < -0.4 is 0 Å². The maximum Gasteiger partial charge on any atom is 0.338 e. The molecule has 0 bridgehead atoms. The van der Waals surface area contributed by atoms with E-state index in [2.05, 4.69) is 0 Å². The quantitative estimate of drug-likeness (QED) is 0.793. The van der Waals surface area contributed by atoms with Crippen LogP contribution in [0, 0.1) is 0 Å². The van der Waals surface area contributed by atoms with Gasteiger partial charge in [-0.05, 0) is 26.0 Å². The zero-order valence-electron chi connectivity index (χ0n) is 13.4. The highest BCUT2D eigenvalue weighted by atomic mass is 16.8. The Morgan fingerprint density at radius 1 is 1.17 bits per heavy atom. The van der Waals surface area contributed by atoms with E-state index in [1.54, 1.807) is 31.4 Å². The smallest absolute Gasteiger partial charge is 0.338 e. The van der Waals surface area contributed by atoms with Gasteiger partial charge in [0.05, 0.1) is 5.56 Å². The van der Waals surface area contributed by atoms with E-state index >= 15 is 0 Å². The summed E-state index contributed by atoms with van der Waals surface area (Å²) < 4.78 is 28.8. The normalized spacial score (nSPS) is 40.1. The molecule has 1 spiro atoms. The molecule has 0 amide bonds. The minimum absolute atomic E-state index is 0.295. The Balaban J connectivity index is 1.49. The van der Waals surface area contributed by atoms with Crippen LogP contribution in [0.3, 0.4) is 0 Å². The van der Waals surface area contributed by atoms with Gasteiger partial charge in [-0.3, -0.25) is 0 Å². The fourth-order valence-corrected chi connectivity index (χ4v) is 3.47. The molecule has 6 nitrogen and oxygen atoms in total. The molecule has 1 saturated carbocycles. The lowest BCUT2D eigenvalue weighted by Crippen LogP contribution is -2.35. The number of benzene rings is 1. The van der Waals surface area contributed by atoms with Crippen molar-refractivity contribution in [3.8, 4) is 0 Å². The summed E-state index contributed by atoms with van der Waals surface area (Å²) in [5, 5.41) is 0. The van der Waals surface area contributed by atoms with Crippen LogP contribution in [0.5, 0.6) is 0 Å². The number of ether oxygens (including phenoxy) is 5. The molecule has 2 saturated heterocycles. The predicted octanol–water partition coefficient (Wildman–Crippen LogP) is 1.88. The first-order valence-corrected chi connectivity index (χ1v) is 7.77. The van der Waals surface area contributed by atoms with E-state index in [0.717, 1.165) is 0 Å². The summed E-state index contributed by atoms with van der Waals surface area (Å²) >= 11 is 0. The molecule has 2 unspecified atom stereocenters. The zero-order chi connectivity index (χ0) is 16.2. The van der Waals surface area contributed by atoms with E-state index in [9.17, 15) is 4.79 Å². The van der Waals surface area contributed by atoms with Crippen LogP contribution in [0.15, 0.2) is 30.3 Å². The Hall–Kier alpha value is -1.47. The molecule has 23 heavy (non-hydrogen) atoms. The number of hydrogen-bond donors (Lipinski definition) is 0. The van der Waals surface area contributed by atoms with Crippen molar-refractivity contribution >= 4 is 5.97 Å². The lowest BCUT2D eigenvalue weighted by molar-refractivity contribution is -0.236. The van der Waals surface area contributed by atoms with Crippen molar-refractivity contribution in [3.63, 3.8) is 0 Å². The zero-order valence-corrected chi connectivity index (χ0v) is 13.4. The molecule has 3 aliphatic rings. The van der Waals surface area contributed by atoms with E-state index in [4.69, 9.17) is 23.7 Å². The summed E-state index contributed by atoms with van der Waals surface area (Å²) in [7, 11) is 1.57. The average Bonchev–Trinajstić information content (AvgIpc) is 3.00. The molecule has 2 heterocycles. The molecular weight excluding hydrogens is 300 g/mol. The van der Waals surface area contributed by atoms with Crippen LogP contribution in [0.1, 0.15) is 30.6 Å². The highest BCUT2D eigenvalue weighted by molar-refractivity contribution is 5.89.